The Bertz CT molecular complexity index is 844. The molecule has 0 unspecified atom stereocenters. The van der Waals surface area contributed by atoms with Crippen molar-refractivity contribution in [1.82, 2.24) is 0 Å². The van der Waals surface area contributed by atoms with Gasteiger partial charge in [-0.3, -0.25) is 9.35 Å². The summed E-state index contributed by atoms with van der Waals surface area (Å²) in [7, 11) is -4.57. The number of carbonyl (C=O) groups is 1. The van der Waals surface area contributed by atoms with Crippen LogP contribution in [0.15, 0.2) is 53.4 Å². The number of rotatable bonds is 10. The predicted molar refractivity (Wildman–Crippen MR) is 105 cm³/mol. The summed E-state index contributed by atoms with van der Waals surface area (Å²) >= 11 is 0. The lowest BCUT2D eigenvalue weighted by atomic mass is 10.1. The molecule has 0 amide bonds. The van der Waals surface area contributed by atoms with Gasteiger partial charge in [0.2, 0.25) is 0 Å². The Balaban J connectivity index is 2.14. The zero-order chi connectivity index (χ0) is 19.7. The van der Waals surface area contributed by atoms with Crippen molar-refractivity contribution >= 4 is 16.1 Å². The molecule has 0 aromatic heterocycles. The molecule has 27 heavy (non-hydrogen) atoms. The van der Waals surface area contributed by atoms with Gasteiger partial charge in [-0.05, 0) is 18.1 Å². The third-order valence-corrected chi connectivity index (χ3v) is 5.22. The van der Waals surface area contributed by atoms with Crippen molar-refractivity contribution in [3.05, 3.63) is 48.5 Å². The van der Waals surface area contributed by atoms with Crippen molar-refractivity contribution in [3.8, 4) is 16.9 Å². The molecule has 0 aliphatic carbocycles. The van der Waals surface area contributed by atoms with E-state index in [4.69, 9.17) is 4.74 Å². The van der Waals surface area contributed by atoms with Crippen LogP contribution in [0.5, 0.6) is 5.75 Å². The molecule has 0 spiro atoms. The lowest BCUT2D eigenvalue weighted by Crippen LogP contribution is -2.12. The van der Waals surface area contributed by atoms with Crippen molar-refractivity contribution < 1.29 is 22.5 Å². The molecular formula is C21H26O5S. The third-order valence-electron chi connectivity index (χ3n) is 4.28. The minimum atomic E-state index is -4.57. The first-order chi connectivity index (χ1) is 12.9. The van der Waals surface area contributed by atoms with Crippen LogP contribution in [-0.2, 0) is 14.9 Å². The van der Waals surface area contributed by atoms with E-state index in [1.54, 1.807) is 42.5 Å². The van der Waals surface area contributed by atoms with Gasteiger partial charge in [-0.15, -0.1) is 0 Å². The number of benzene rings is 2. The van der Waals surface area contributed by atoms with Crippen LogP contribution in [0.3, 0.4) is 0 Å². The van der Waals surface area contributed by atoms with Crippen LogP contribution in [0, 0.1) is 0 Å². The molecule has 0 radical (unpaired) electrons. The number of ether oxygens (including phenoxy) is 1. The smallest absolute Gasteiger partial charge is 0.311 e. The van der Waals surface area contributed by atoms with Gasteiger partial charge in [0.25, 0.3) is 10.1 Å². The highest BCUT2D eigenvalue weighted by molar-refractivity contribution is 7.86. The van der Waals surface area contributed by atoms with E-state index in [1.165, 1.54) is 12.5 Å². The first kappa shape index (κ1) is 21.1. The highest BCUT2D eigenvalue weighted by Gasteiger charge is 2.24. The van der Waals surface area contributed by atoms with E-state index in [1.807, 2.05) is 0 Å². The average Bonchev–Trinajstić information content (AvgIpc) is 2.64. The standard InChI is InChI=1S/C21H26O5S/c1-2-3-4-5-6-10-16-20(22)26-19-15-11-14-18(21(19)27(23,24)25)17-12-8-7-9-13-17/h7-9,11-15H,2-6,10,16H2,1H3,(H,23,24,25). The molecule has 0 bridgehead atoms. The molecule has 0 saturated carbocycles. The van der Waals surface area contributed by atoms with Crippen molar-refractivity contribution in [1.29, 1.82) is 0 Å². The summed E-state index contributed by atoms with van der Waals surface area (Å²) in [5.41, 5.74) is 0.905. The summed E-state index contributed by atoms with van der Waals surface area (Å²) in [5, 5.41) is 0. The Hall–Kier alpha value is -2.18. The van der Waals surface area contributed by atoms with Gasteiger partial charge in [-0.1, -0.05) is 81.5 Å². The molecule has 6 heteroatoms. The molecule has 0 saturated heterocycles. The molecule has 2 aromatic carbocycles. The average molecular weight is 391 g/mol. The van der Waals surface area contributed by atoms with Gasteiger partial charge in [0.1, 0.15) is 4.90 Å². The number of esters is 1. The maximum Gasteiger partial charge on any atom is 0.311 e. The summed E-state index contributed by atoms with van der Waals surface area (Å²) in [6, 6.07) is 13.3. The minimum absolute atomic E-state index is 0.144. The molecule has 0 aliphatic rings. The summed E-state index contributed by atoms with van der Waals surface area (Å²) in [4.78, 5) is 11.7. The third kappa shape index (κ3) is 6.48. The van der Waals surface area contributed by atoms with E-state index < -0.39 is 16.1 Å². The summed E-state index contributed by atoms with van der Waals surface area (Å²) in [6.07, 6.45) is 6.42. The van der Waals surface area contributed by atoms with Gasteiger partial charge in [-0.2, -0.15) is 8.42 Å². The van der Waals surface area contributed by atoms with Crippen LogP contribution in [0.25, 0.3) is 11.1 Å². The van der Waals surface area contributed by atoms with Gasteiger partial charge in [0, 0.05) is 12.0 Å². The molecule has 0 atom stereocenters. The molecule has 1 N–H and O–H groups in total. The largest absolute Gasteiger partial charge is 0.425 e. The highest BCUT2D eigenvalue weighted by Crippen LogP contribution is 2.34. The normalized spacial score (nSPS) is 11.3. The molecule has 146 valence electrons. The summed E-state index contributed by atoms with van der Waals surface area (Å²) in [5.74, 6) is -0.643. The second-order valence-electron chi connectivity index (χ2n) is 6.47. The number of hydrogen-bond acceptors (Lipinski definition) is 4. The minimum Gasteiger partial charge on any atom is -0.425 e. The quantitative estimate of drug-likeness (QED) is 0.259. The second-order valence-corrected chi connectivity index (χ2v) is 7.82. The van der Waals surface area contributed by atoms with Crippen LogP contribution < -0.4 is 4.74 Å². The van der Waals surface area contributed by atoms with Crippen molar-refractivity contribution in [3.63, 3.8) is 0 Å². The number of carbonyl (C=O) groups excluding carboxylic acids is 1. The Morgan fingerprint density at radius 1 is 0.926 bits per heavy atom. The van der Waals surface area contributed by atoms with Crippen molar-refractivity contribution in [2.75, 3.05) is 0 Å². The van der Waals surface area contributed by atoms with E-state index in [0.717, 1.165) is 25.7 Å². The van der Waals surface area contributed by atoms with E-state index in [9.17, 15) is 17.8 Å². The van der Waals surface area contributed by atoms with Crippen LogP contribution in [0.2, 0.25) is 0 Å². The molecule has 5 nitrogen and oxygen atoms in total. The fourth-order valence-corrected chi connectivity index (χ4v) is 3.76. The van der Waals surface area contributed by atoms with Gasteiger partial charge in [0.05, 0.1) is 0 Å². The molecule has 0 heterocycles. The van der Waals surface area contributed by atoms with Crippen LogP contribution in [0.4, 0.5) is 0 Å². The first-order valence-electron chi connectivity index (χ1n) is 9.30. The second kappa shape index (κ2) is 10.2. The topological polar surface area (TPSA) is 80.7 Å². The van der Waals surface area contributed by atoms with E-state index in [0.29, 0.717) is 17.5 Å². The summed E-state index contributed by atoms with van der Waals surface area (Å²) < 4.78 is 38.9. The van der Waals surface area contributed by atoms with Gasteiger partial charge < -0.3 is 4.74 Å². The fourth-order valence-electron chi connectivity index (χ4n) is 2.93. The SMILES string of the molecule is CCCCCCCCC(=O)Oc1cccc(-c2ccccc2)c1S(=O)(=O)O. The predicted octanol–water partition coefficient (Wildman–Crippen LogP) is 5.26. The maximum atomic E-state index is 12.1. The lowest BCUT2D eigenvalue weighted by molar-refractivity contribution is -0.134. The number of unbranched alkanes of at least 4 members (excludes halogenated alkanes) is 5. The van der Waals surface area contributed by atoms with Gasteiger partial charge >= 0.3 is 5.97 Å². The molecule has 2 rings (SSSR count). The Kier molecular flexibility index (Phi) is 8.00. The van der Waals surface area contributed by atoms with Gasteiger partial charge in [0.15, 0.2) is 5.75 Å². The Labute approximate surface area is 161 Å². The molecule has 2 aromatic rings. The van der Waals surface area contributed by atoms with Crippen molar-refractivity contribution in [2.45, 2.75) is 56.8 Å². The van der Waals surface area contributed by atoms with E-state index in [-0.39, 0.29) is 17.1 Å². The zero-order valence-electron chi connectivity index (χ0n) is 15.6. The van der Waals surface area contributed by atoms with Crippen LogP contribution >= 0.6 is 0 Å². The first-order valence-corrected chi connectivity index (χ1v) is 10.7. The van der Waals surface area contributed by atoms with Crippen LogP contribution in [0.1, 0.15) is 51.9 Å². The van der Waals surface area contributed by atoms with Gasteiger partial charge in [-0.25, -0.2) is 0 Å². The Morgan fingerprint density at radius 2 is 1.59 bits per heavy atom. The fraction of sp³-hybridized carbons (Fsp3) is 0.381. The Morgan fingerprint density at radius 3 is 2.26 bits per heavy atom. The monoisotopic (exact) mass is 390 g/mol. The zero-order valence-corrected chi connectivity index (χ0v) is 16.4. The molecular weight excluding hydrogens is 364 g/mol. The van der Waals surface area contributed by atoms with E-state index >= 15 is 0 Å². The maximum absolute atomic E-state index is 12.1. The lowest BCUT2D eigenvalue weighted by Gasteiger charge is -2.13. The van der Waals surface area contributed by atoms with Crippen LogP contribution in [-0.4, -0.2) is 18.9 Å². The molecule has 0 fully saturated rings. The molecule has 0 aliphatic heterocycles. The highest BCUT2D eigenvalue weighted by atomic mass is 32.2. The number of hydrogen-bond donors (Lipinski definition) is 1. The van der Waals surface area contributed by atoms with Crippen molar-refractivity contribution in [2.24, 2.45) is 0 Å². The van der Waals surface area contributed by atoms with E-state index in [2.05, 4.69) is 6.92 Å². The summed E-state index contributed by atoms with van der Waals surface area (Å²) in [6.45, 7) is 2.15.